The maximum atomic E-state index is 12.9. The van der Waals surface area contributed by atoms with Crippen LogP contribution in [0.1, 0.15) is 329 Å². The van der Waals surface area contributed by atoms with Crippen molar-refractivity contribution in [2.45, 2.75) is 335 Å². The Morgan fingerprint density at radius 1 is 0.282 bits per heavy atom. The molecule has 0 rings (SSSR count). The van der Waals surface area contributed by atoms with Gasteiger partial charge in [0.2, 0.25) is 0 Å². The third-order valence-electron chi connectivity index (χ3n) is 13.8. The summed E-state index contributed by atoms with van der Waals surface area (Å²) in [4.78, 5) is 38.2. The molecule has 0 saturated carbocycles. The zero-order valence-electron chi connectivity index (χ0n) is 47.5. The molecular formula is C65H118O6. The Balaban J connectivity index is 4.36. The van der Waals surface area contributed by atoms with Gasteiger partial charge in [0.25, 0.3) is 0 Å². The Labute approximate surface area is 441 Å². The summed E-state index contributed by atoms with van der Waals surface area (Å²) in [5, 5.41) is 0. The monoisotopic (exact) mass is 995 g/mol. The molecule has 0 aliphatic carbocycles. The fourth-order valence-electron chi connectivity index (χ4n) is 9.09. The van der Waals surface area contributed by atoms with Gasteiger partial charge in [-0.25, -0.2) is 0 Å². The molecule has 6 heteroatoms. The number of ether oxygens (including phenoxy) is 3. The van der Waals surface area contributed by atoms with E-state index in [1.165, 1.54) is 218 Å². The van der Waals surface area contributed by atoms with Gasteiger partial charge < -0.3 is 14.2 Å². The first-order valence-electron chi connectivity index (χ1n) is 31.1. The van der Waals surface area contributed by atoms with Crippen molar-refractivity contribution in [3.8, 4) is 0 Å². The summed E-state index contributed by atoms with van der Waals surface area (Å²) in [5.74, 6) is -0.903. The molecule has 0 bridgehead atoms. The normalized spacial score (nSPS) is 12.3. The predicted octanol–water partition coefficient (Wildman–Crippen LogP) is 21.0. The van der Waals surface area contributed by atoms with Crippen LogP contribution in [0.15, 0.2) is 48.6 Å². The van der Waals surface area contributed by atoms with E-state index in [0.717, 1.165) is 70.6 Å². The summed E-state index contributed by atoms with van der Waals surface area (Å²) < 4.78 is 16.9. The molecule has 0 aliphatic rings. The SMILES string of the molecule is CCCCC/C=C\C/C=C\C/C=C\CCCCC(=O)OC[C@H](COC(=O)CCCCCCCCCCCCCCCCCCC)OC(=O)CCCCCCCCCCCCC/C=C\CCCCCCCC. The lowest BCUT2D eigenvalue weighted by molar-refractivity contribution is -0.167. The molecule has 0 unspecified atom stereocenters. The smallest absolute Gasteiger partial charge is 0.306 e. The lowest BCUT2D eigenvalue weighted by atomic mass is 10.0. The summed E-state index contributed by atoms with van der Waals surface area (Å²) in [6.45, 7) is 6.62. The van der Waals surface area contributed by atoms with E-state index in [9.17, 15) is 14.4 Å². The van der Waals surface area contributed by atoms with Crippen LogP contribution < -0.4 is 0 Å². The molecule has 6 nitrogen and oxygen atoms in total. The quantitative estimate of drug-likeness (QED) is 0.0261. The average molecular weight is 996 g/mol. The summed E-state index contributed by atoms with van der Waals surface area (Å²) in [7, 11) is 0. The van der Waals surface area contributed by atoms with Gasteiger partial charge in [-0.2, -0.15) is 0 Å². The number of carbonyl (C=O) groups excluding carboxylic acids is 3. The maximum Gasteiger partial charge on any atom is 0.306 e. The van der Waals surface area contributed by atoms with Crippen molar-refractivity contribution in [3.05, 3.63) is 48.6 Å². The van der Waals surface area contributed by atoms with Crippen molar-refractivity contribution in [1.82, 2.24) is 0 Å². The number of hydrogen-bond acceptors (Lipinski definition) is 6. The van der Waals surface area contributed by atoms with Crippen LogP contribution in [0.25, 0.3) is 0 Å². The van der Waals surface area contributed by atoms with Crippen molar-refractivity contribution in [2.75, 3.05) is 13.2 Å². The molecular weight excluding hydrogens is 877 g/mol. The van der Waals surface area contributed by atoms with Gasteiger partial charge in [0.05, 0.1) is 0 Å². The molecule has 1 atom stereocenters. The Kier molecular flexibility index (Phi) is 57.7. The molecule has 0 N–H and O–H groups in total. The number of unbranched alkanes of at least 4 members (excludes halogenated alkanes) is 38. The molecule has 0 heterocycles. The van der Waals surface area contributed by atoms with Crippen LogP contribution in [0, 0.1) is 0 Å². The molecule has 0 fully saturated rings. The Hall–Kier alpha value is -2.63. The Morgan fingerprint density at radius 3 is 0.859 bits per heavy atom. The topological polar surface area (TPSA) is 78.9 Å². The van der Waals surface area contributed by atoms with Gasteiger partial charge in [0.1, 0.15) is 13.2 Å². The molecule has 0 aromatic heterocycles. The highest BCUT2D eigenvalue weighted by molar-refractivity contribution is 5.71. The molecule has 71 heavy (non-hydrogen) atoms. The summed E-state index contributed by atoms with van der Waals surface area (Å²) in [6, 6.07) is 0. The van der Waals surface area contributed by atoms with Crippen molar-refractivity contribution in [3.63, 3.8) is 0 Å². The van der Waals surface area contributed by atoms with E-state index >= 15 is 0 Å². The lowest BCUT2D eigenvalue weighted by Gasteiger charge is -2.18. The van der Waals surface area contributed by atoms with E-state index in [4.69, 9.17) is 14.2 Å². The van der Waals surface area contributed by atoms with E-state index in [2.05, 4.69) is 69.4 Å². The second kappa shape index (κ2) is 59.9. The van der Waals surface area contributed by atoms with Crippen molar-refractivity contribution >= 4 is 17.9 Å². The van der Waals surface area contributed by atoms with Crippen LogP contribution >= 0.6 is 0 Å². The zero-order valence-corrected chi connectivity index (χ0v) is 47.5. The Morgan fingerprint density at radius 2 is 0.507 bits per heavy atom. The van der Waals surface area contributed by atoms with Gasteiger partial charge in [-0.05, 0) is 83.5 Å². The minimum Gasteiger partial charge on any atom is -0.462 e. The minimum absolute atomic E-state index is 0.0817. The molecule has 0 aromatic carbocycles. The van der Waals surface area contributed by atoms with Crippen LogP contribution in [0.4, 0.5) is 0 Å². The number of allylic oxidation sites excluding steroid dienone is 8. The third kappa shape index (κ3) is 58.1. The van der Waals surface area contributed by atoms with Gasteiger partial charge in [0, 0.05) is 19.3 Å². The summed E-state index contributed by atoms with van der Waals surface area (Å²) >= 11 is 0. The van der Waals surface area contributed by atoms with E-state index in [1.807, 2.05) is 0 Å². The van der Waals surface area contributed by atoms with Crippen LogP contribution in [0.5, 0.6) is 0 Å². The fourth-order valence-corrected chi connectivity index (χ4v) is 9.09. The van der Waals surface area contributed by atoms with E-state index in [1.54, 1.807) is 0 Å². The molecule has 0 aliphatic heterocycles. The van der Waals surface area contributed by atoms with Crippen LogP contribution in [-0.2, 0) is 28.6 Å². The van der Waals surface area contributed by atoms with Crippen molar-refractivity contribution in [2.24, 2.45) is 0 Å². The molecule has 0 spiro atoms. The third-order valence-corrected chi connectivity index (χ3v) is 13.8. The Bertz CT molecular complexity index is 1230. The number of rotatable bonds is 57. The van der Waals surface area contributed by atoms with Crippen LogP contribution in [0.2, 0.25) is 0 Å². The molecule has 0 aromatic rings. The summed E-state index contributed by atoms with van der Waals surface area (Å²) in [5.41, 5.74) is 0. The van der Waals surface area contributed by atoms with E-state index in [0.29, 0.717) is 19.3 Å². The van der Waals surface area contributed by atoms with Crippen molar-refractivity contribution in [1.29, 1.82) is 0 Å². The second-order valence-electron chi connectivity index (χ2n) is 21.0. The predicted molar refractivity (Wildman–Crippen MR) is 307 cm³/mol. The fraction of sp³-hybridized carbons (Fsp3) is 0.831. The van der Waals surface area contributed by atoms with Gasteiger partial charge in [-0.3, -0.25) is 14.4 Å². The van der Waals surface area contributed by atoms with E-state index in [-0.39, 0.29) is 31.1 Å². The first-order valence-corrected chi connectivity index (χ1v) is 31.1. The highest BCUT2D eigenvalue weighted by Gasteiger charge is 2.19. The van der Waals surface area contributed by atoms with Gasteiger partial charge >= 0.3 is 17.9 Å². The first kappa shape index (κ1) is 68.4. The maximum absolute atomic E-state index is 12.9. The molecule has 0 amide bonds. The summed E-state index contributed by atoms with van der Waals surface area (Å²) in [6.07, 6.45) is 74.0. The number of hydrogen-bond donors (Lipinski definition) is 0. The van der Waals surface area contributed by atoms with Gasteiger partial charge in [-0.15, -0.1) is 0 Å². The lowest BCUT2D eigenvalue weighted by Crippen LogP contribution is -2.30. The average Bonchev–Trinajstić information content (AvgIpc) is 3.37. The highest BCUT2D eigenvalue weighted by atomic mass is 16.6. The molecule has 414 valence electrons. The first-order chi connectivity index (χ1) is 35.0. The van der Waals surface area contributed by atoms with Crippen molar-refractivity contribution < 1.29 is 28.6 Å². The minimum atomic E-state index is -0.787. The molecule has 0 radical (unpaired) electrons. The zero-order chi connectivity index (χ0) is 51.4. The second-order valence-corrected chi connectivity index (χ2v) is 21.0. The molecule has 0 saturated heterocycles. The van der Waals surface area contributed by atoms with Gasteiger partial charge in [0.15, 0.2) is 6.10 Å². The van der Waals surface area contributed by atoms with Crippen LogP contribution in [0.3, 0.4) is 0 Å². The van der Waals surface area contributed by atoms with Gasteiger partial charge in [-0.1, -0.05) is 275 Å². The standard InChI is InChI=1S/C65H118O6/c1-4-7-10-13-16-19-22-25-28-30-31-32-33-35-38-41-44-47-50-53-56-59-65(68)71-62(60-69-63(66)57-54-51-48-45-42-39-36-27-24-21-18-15-12-9-6-3)61-70-64(67)58-55-52-49-46-43-40-37-34-29-26-23-20-17-14-11-8-5-2/h18,21,25,27-28,36,42,45,62H,4-17,19-20,22-24,26,29-35,37-41,43-44,46-61H2,1-3H3/b21-18-,28-25-,36-27-,45-42-/t62-/m1/s1. The number of esters is 3. The van der Waals surface area contributed by atoms with Crippen LogP contribution in [-0.4, -0.2) is 37.2 Å². The highest BCUT2D eigenvalue weighted by Crippen LogP contribution is 2.17. The van der Waals surface area contributed by atoms with E-state index < -0.39 is 6.10 Å². The number of carbonyl (C=O) groups is 3. The largest absolute Gasteiger partial charge is 0.462 e.